The van der Waals surface area contributed by atoms with Crippen LogP contribution in [0.1, 0.15) is 43.2 Å². The van der Waals surface area contributed by atoms with Crippen LogP contribution in [0.5, 0.6) is 11.5 Å². The van der Waals surface area contributed by atoms with Crippen LogP contribution in [0, 0.1) is 0 Å². The maximum Gasteiger partial charge on any atom is 0.201 e. The summed E-state index contributed by atoms with van der Waals surface area (Å²) in [4.78, 5) is 27.9. The predicted octanol–water partition coefficient (Wildman–Crippen LogP) is -3.50. The third-order valence-corrected chi connectivity index (χ3v) is 11.3. The van der Waals surface area contributed by atoms with Gasteiger partial charge in [0.15, 0.2) is 18.4 Å². The third-order valence-electron chi connectivity index (χ3n) is 11.3. The molecule has 0 unspecified atom stereocenters. The van der Waals surface area contributed by atoms with Gasteiger partial charge in [-0.1, -0.05) is 34.7 Å². The number of nitrogens with zero attached hydrogens (tertiary/aromatic N) is 6. The molecule has 0 saturated carbocycles. The maximum absolute atomic E-state index is 14.1. The van der Waals surface area contributed by atoms with Gasteiger partial charge in [-0.05, 0) is 12.1 Å². The van der Waals surface area contributed by atoms with E-state index in [9.17, 15) is 50.4 Å². The van der Waals surface area contributed by atoms with Crippen LogP contribution in [0.25, 0.3) is 0 Å². The van der Waals surface area contributed by atoms with E-state index in [-0.39, 0.29) is 119 Å². The van der Waals surface area contributed by atoms with E-state index in [2.05, 4.69) is 20.6 Å². The number of carbonyl (C=O) groups is 2. The first-order chi connectivity index (χ1) is 34.0. The Morgan fingerprint density at radius 1 is 0.500 bits per heavy atom. The van der Waals surface area contributed by atoms with Gasteiger partial charge < -0.3 is 88.2 Å². The van der Waals surface area contributed by atoms with Gasteiger partial charge in [-0.3, -0.25) is 9.59 Å². The number of benzene rings is 2. The highest BCUT2D eigenvalue weighted by Crippen LogP contribution is 2.38. The van der Waals surface area contributed by atoms with E-state index < -0.39 is 80.4 Å². The van der Waals surface area contributed by atoms with Crippen LogP contribution >= 0.6 is 0 Å². The summed E-state index contributed by atoms with van der Waals surface area (Å²) in [7, 11) is 0. The van der Waals surface area contributed by atoms with Crippen molar-refractivity contribution in [3.8, 4) is 11.5 Å². The van der Waals surface area contributed by atoms with Gasteiger partial charge in [-0.2, -0.15) is 0 Å². The smallest absolute Gasteiger partial charge is 0.201 e. The van der Waals surface area contributed by atoms with Crippen molar-refractivity contribution in [1.82, 2.24) is 30.0 Å². The van der Waals surface area contributed by atoms with Gasteiger partial charge in [0, 0.05) is 11.1 Å². The Labute approximate surface area is 399 Å². The van der Waals surface area contributed by atoms with Crippen molar-refractivity contribution >= 4 is 11.6 Å². The highest BCUT2D eigenvalue weighted by molar-refractivity contribution is 6.30. The van der Waals surface area contributed by atoms with Gasteiger partial charge in [0.1, 0.15) is 84.9 Å². The lowest BCUT2D eigenvalue weighted by molar-refractivity contribution is -0.302. The molecule has 2 saturated heterocycles. The number of carbonyl (C=O) groups excluding carboxylic acids is 2. The lowest BCUT2D eigenvalue weighted by atomic mass is 9.83. The van der Waals surface area contributed by atoms with Gasteiger partial charge in [0.25, 0.3) is 0 Å². The van der Waals surface area contributed by atoms with Gasteiger partial charge in [0.05, 0.1) is 116 Å². The number of fused-ring (bicyclic) bond motifs is 2. The molecule has 0 amide bonds. The Hall–Kier alpha value is -4.98. The summed E-state index contributed by atoms with van der Waals surface area (Å²) in [6.07, 6.45) is -10.2. The fraction of sp³-hybridized carbons (Fsp3) is 0.591. The quantitative estimate of drug-likeness (QED) is 0.0225. The minimum atomic E-state index is -1.53. The van der Waals surface area contributed by atoms with Crippen LogP contribution in [-0.2, 0) is 64.2 Å². The fourth-order valence-electron chi connectivity index (χ4n) is 7.57. The number of aromatic nitrogens is 6. The lowest BCUT2D eigenvalue weighted by Crippen LogP contribution is -2.59. The van der Waals surface area contributed by atoms with E-state index in [1.807, 2.05) is 0 Å². The number of ether oxygens (including phenoxy) is 10. The summed E-state index contributed by atoms with van der Waals surface area (Å²) < 4.78 is 58.7. The van der Waals surface area contributed by atoms with E-state index in [0.29, 0.717) is 24.5 Å². The first-order valence-corrected chi connectivity index (χ1v) is 22.5. The minimum absolute atomic E-state index is 0.0168. The highest BCUT2D eigenvalue weighted by atomic mass is 16.7. The molecule has 8 N–H and O–H groups in total. The molecule has 2 aromatic heterocycles. The molecule has 0 spiro atoms. The Bertz CT molecular complexity index is 2130. The largest absolute Gasteiger partial charge is 0.486 e. The summed E-state index contributed by atoms with van der Waals surface area (Å²) >= 11 is 0. The van der Waals surface area contributed by atoms with Crippen molar-refractivity contribution < 1.29 is 97.8 Å². The van der Waals surface area contributed by atoms with Crippen molar-refractivity contribution in [2.24, 2.45) is 0 Å². The van der Waals surface area contributed by atoms with Crippen LogP contribution in [0.15, 0.2) is 48.8 Å². The SMILES string of the molecule is O=C1c2cccc(OCc3cn(CCOCCOCCO[C@H]4O[C@H](CO)[C@@H](O)[C@H](O)[C@@H]4O)nn3)c2C(=O)c2c(OCc3cn(CCOCCOCCO[C@H]4O[C@H](CO)[C@@H](O)[C@H](O)[C@@H]4O)nn3)cccc21. The Balaban J connectivity index is 0.792. The first-order valence-electron chi connectivity index (χ1n) is 22.5. The molecule has 2 aliphatic heterocycles. The second kappa shape index (κ2) is 25.9. The normalized spacial score (nSPS) is 25.5. The molecule has 70 heavy (non-hydrogen) atoms. The van der Waals surface area contributed by atoms with E-state index in [0.717, 1.165) is 0 Å². The van der Waals surface area contributed by atoms with E-state index in [1.165, 1.54) is 0 Å². The monoisotopic (exact) mass is 990 g/mol. The molecule has 0 radical (unpaired) electrons. The molecule has 7 rings (SSSR count). The Morgan fingerprint density at radius 3 is 1.31 bits per heavy atom. The summed E-state index contributed by atoms with van der Waals surface area (Å²) in [5.41, 5.74) is 1.49. The molecule has 4 aromatic rings. The van der Waals surface area contributed by atoms with Crippen LogP contribution < -0.4 is 9.47 Å². The fourth-order valence-corrected chi connectivity index (χ4v) is 7.57. The number of aliphatic hydroxyl groups excluding tert-OH is 8. The molecule has 3 aliphatic rings. The first kappa shape index (κ1) is 52.8. The molecular formula is C44H58N6O20. The number of ketones is 2. The zero-order valence-electron chi connectivity index (χ0n) is 37.9. The van der Waals surface area contributed by atoms with E-state index in [1.54, 1.807) is 58.2 Å². The Kier molecular flexibility index (Phi) is 19.6. The third kappa shape index (κ3) is 13.3. The summed E-state index contributed by atoms with van der Waals surface area (Å²) in [5, 5.41) is 94.6. The van der Waals surface area contributed by atoms with Crippen molar-refractivity contribution in [2.75, 3.05) is 79.3 Å². The topological polar surface area (TPSA) is 350 Å². The second-order valence-corrected chi connectivity index (χ2v) is 16.1. The van der Waals surface area contributed by atoms with Gasteiger partial charge >= 0.3 is 0 Å². The van der Waals surface area contributed by atoms with Crippen LogP contribution in [0.3, 0.4) is 0 Å². The molecule has 4 heterocycles. The summed E-state index contributed by atoms with van der Waals surface area (Å²) in [6, 6.07) is 9.60. The van der Waals surface area contributed by atoms with Crippen LogP contribution in [0.2, 0.25) is 0 Å². The number of aliphatic hydroxyl groups is 8. The molecule has 2 aromatic carbocycles. The lowest BCUT2D eigenvalue weighted by Gasteiger charge is -2.39. The second-order valence-electron chi connectivity index (χ2n) is 16.1. The molecule has 2 fully saturated rings. The van der Waals surface area contributed by atoms with Crippen LogP contribution in [-0.4, -0.2) is 223 Å². The van der Waals surface area contributed by atoms with E-state index in [4.69, 9.17) is 47.4 Å². The number of hydrogen-bond acceptors (Lipinski definition) is 24. The molecule has 26 heteroatoms. The van der Waals surface area contributed by atoms with Gasteiger partial charge in [-0.25, -0.2) is 9.36 Å². The van der Waals surface area contributed by atoms with E-state index >= 15 is 0 Å². The van der Waals surface area contributed by atoms with Gasteiger partial charge in [-0.15, -0.1) is 10.2 Å². The summed E-state index contributed by atoms with van der Waals surface area (Å²) in [6.45, 7) is 1.37. The van der Waals surface area contributed by atoms with Crippen molar-refractivity contribution in [3.63, 3.8) is 0 Å². The number of rotatable bonds is 28. The molecular weight excluding hydrogens is 933 g/mol. The molecule has 1 aliphatic carbocycles. The average molecular weight is 991 g/mol. The zero-order chi connectivity index (χ0) is 49.6. The molecule has 0 bridgehead atoms. The van der Waals surface area contributed by atoms with Crippen LogP contribution in [0.4, 0.5) is 0 Å². The minimum Gasteiger partial charge on any atom is -0.486 e. The average Bonchev–Trinajstić information content (AvgIpc) is 4.04. The molecule has 10 atom stereocenters. The molecule has 384 valence electrons. The summed E-state index contributed by atoms with van der Waals surface area (Å²) in [5.74, 6) is -0.445. The Morgan fingerprint density at radius 2 is 0.900 bits per heavy atom. The van der Waals surface area contributed by atoms with Crippen molar-refractivity contribution in [2.45, 2.75) is 87.7 Å². The maximum atomic E-state index is 14.1. The van der Waals surface area contributed by atoms with Crippen molar-refractivity contribution in [1.29, 1.82) is 0 Å². The van der Waals surface area contributed by atoms with Crippen molar-refractivity contribution in [3.05, 3.63) is 82.4 Å². The standard InChI is InChI=1S/C44H58N6O20/c51-21-31-36(54)39(57)41(59)43(69-31)65-17-15-63-13-11-61-9-7-49-19-25(45-47-49)23-67-29-5-1-3-27-33(29)38(56)34-28(35(27)53)4-2-6-30(34)68-24-26-20-50(48-46-26)8-10-62-12-14-64-16-18-66-44-42(60)40(58)37(55)32(22-52)70-44/h1-6,19-20,31-32,36-37,39-44,51-52,54-55,57-60H,7-18,21-24H2/t31-,32-,36-,37-,39+,40+,41+,42+,43+,44+/m1/s1. The van der Waals surface area contributed by atoms with Gasteiger partial charge in [0.2, 0.25) is 5.78 Å². The predicted molar refractivity (Wildman–Crippen MR) is 231 cm³/mol. The zero-order valence-corrected chi connectivity index (χ0v) is 37.9. The molecule has 26 nitrogen and oxygen atoms in total. The highest BCUT2D eigenvalue weighted by Gasteiger charge is 2.45. The number of hydrogen-bond donors (Lipinski definition) is 8.